The van der Waals surface area contributed by atoms with Crippen molar-refractivity contribution < 1.29 is 4.43 Å². The molecule has 0 spiro atoms. The van der Waals surface area contributed by atoms with Crippen LogP contribution in [0.25, 0.3) is 0 Å². The Morgan fingerprint density at radius 2 is 1.25 bits per heavy atom. The van der Waals surface area contributed by atoms with Gasteiger partial charge in [0, 0.05) is 8.95 Å². The molecule has 114 valence electrons. The first-order valence-electron chi connectivity index (χ1n) is 7.29. The Kier molecular flexibility index (Phi) is 6.97. The Hall–Kier alpha value is 0.357. The monoisotopic (exact) mass is 420 g/mol. The van der Waals surface area contributed by atoms with Crippen molar-refractivity contribution >= 4 is 40.2 Å². The van der Waals surface area contributed by atoms with Crippen molar-refractivity contribution in [2.24, 2.45) is 0 Å². The van der Waals surface area contributed by atoms with Gasteiger partial charge in [0.05, 0.1) is 6.61 Å². The lowest BCUT2D eigenvalue weighted by Crippen LogP contribution is -2.47. The summed E-state index contributed by atoms with van der Waals surface area (Å²) in [5.74, 6) is 0. The molecule has 0 aliphatic heterocycles. The Bertz CT molecular complexity index is 402. The van der Waals surface area contributed by atoms with Gasteiger partial charge in [0.25, 0.3) is 0 Å². The van der Waals surface area contributed by atoms with Gasteiger partial charge in [-0.2, -0.15) is 0 Å². The van der Waals surface area contributed by atoms with E-state index in [-0.39, 0.29) is 0 Å². The maximum absolute atomic E-state index is 6.61. The fourth-order valence-corrected chi connectivity index (χ4v) is 10.2. The van der Waals surface area contributed by atoms with E-state index in [4.69, 9.17) is 4.43 Å². The van der Waals surface area contributed by atoms with Crippen molar-refractivity contribution in [1.82, 2.24) is 0 Å². The van der Waals surface area contributed by atoms with Gasteiger partial charge in [0.15, 0.2) is 0 Å². The van der Waals surface area contributed by atoms with Gasteiger partial charge in [-0.3, -0.25) is 0 Å². The van der Waals surface area contributed by atoms with Crippen molar-refractivity contribution in [3.63, 3.8) is 0 Å². The third-order valence-electron chi connectivity index (χ3n) is 4.12. The number of benzene rings is 1. The first kappa shape index (κ1) is 18.4. The summed E-state index contributed by atoms with van der Waals surface area (Å²) in [6.45, 7) is 14.6. The van der Waals surface area contributed by atoms with E-state index in [0.717, 1.165) is 8.95 Å². The van der Waals surface area contributed by atoms with Gasteiger partial charge in [0.2, 0.25) is 8.32 Å². The summed E-state index contributed by atoms with van der Waals surface area (Å²) in [5, 5.41) is 0. The third kappa shape index (κ3) is 4.18. The van der Waals surface area contributed by atoms with Crippen molar-refractivity contribution in [3.05, 3.63) is 32.7 Å². The van der Waals surface area contributed by atoms with Crippen LogP contribution in [-0.2, 0) is 11.0 Å². The fraction of sp³-hybridized carbons (Fsp3) is 0.625. The van der Waals surface area contributed by atoms with Crippen molar-refractivity contribution in [1.29, 1.82) is 0 Å². The van der Waals surface area contributed by atoms with E-state index in [9.17, 15) is 0 Å². The van der Waals surface area contributed by atoms with Crippen LogP contribution < -0.4 is 0 Å². The molecular formula is C16H26Br2OSi. The smallest absolute Gasteiger partial charge is 0.200 e. The Morgan fingerprint density at radius 3 is 1.60 bits per heavy atom. The van der Waals surface area contributed by atoms with Crippen LogP contribution in [0.5, 0.6) is 0 Å². The zero-order valence-electron chi connectivity index (χ0n) is 13.3. The summed E-state index contributed by atoms with van der Waals surface area (Å²) in [6.07, 6.45) is 0. The first-order valence-corrected chi connectivity index (χ1v) is 11.0. The average Bonchev–Trinajstić information content (AvgIpc) is 2.26. The molecule has 0 saturated carbocycles. The summed E-state index contributed by atoms with van der Waals surface area (Å²) < 4.78 is 8.80. The lowest BCUT2D eigenvalue weighted by molar-refractivity contribution is 0.266. The summed E-state index contributed by atoms with van der Waals surface area (Å²) in [7, 11) is -1.78. The van der Waals surface area contributed by atoms with Crippen LogP contribution in [0.1, 0.15) is 47.1 Å². The standard InChI is InChI=1S/C16H26Br2OSi/c1-11(2)20(12(3)4,13(5)6)19-10-14-7-15(17)9-16(18)8-14/h7-9,11-13H,10H2,1-6H3. The van der Waals surface area contributed by atoms with Crippen LogP contribution in [-0.4, -0.2) is 8.32 Å². The molecule has 0 N–H and O–H groups in total. The highest BCUT2D eigenvalue weighted by Crippen LogP contribution is 2.42. The highest BCUT2D eigenvalue weighted by Gasteiger charge is 2.44. The SMILES string of the molecule is CC(C)[Si](OCc1cc(Br)cc(Br)c1)(C(C)C)C(C)C. The van der Waals surface area contributed by atoms with Gasteiger partial charge in [-0.25, -0.2) is 0 Å². The molecule has 0 amide bonds. The highest BCUT2D eigenvalue weighted by molar-refractivity contribution is 9.11. The number of rotatable bonds is 6. The van der Waals surface area contributed by atoms with Crippen LogP contribution in [0.15, 0.2) is 27.1 Å². The van der Waals surface area contributed by atoms with Crippen LogP contribution in [0, 0.1) is 0 Å². The molecule has 0 saturated heterocycles. The van der Waals surface area contributed by atoms with E-state index in [1.54, 1.807) is 0 Å². The maximum Gasteiger partial charge on any atom is 0.200 e. The molecule has 0 aromatic heterocycles. The van der Waals surface area contributed by atoms with Crippen molar-refractivity contribution in [2.45, 2.75) is 64.8 Å². The number of hydrogen-bond donors (Lipinski definition) is 0. The summed E-state index contributed by atoms with van der Waals surface area (Å²) in [5.41, 5.74) is 3.10. The molecule has 0 atom stereocenters. The minimum Gasteiger partial charge on any atom is -0.412 e. The number of hydrogen-bond acceptors (Lipinski definition) is 1. The first-order chi connectivity index (χ1) is 9.20. The molecule has 20 heavy (non-hydrogen) atoms. The van der Waals surface area contributed by atoms with Gasteiger partial charge in [-0.15, -0.1) is 0 Å². The zero-order chi connectivity index (χ0) is 15.5. The van der Waals surface area contributed by atoms with Gasteiger partial charge < -0.3 is 4.43 Å². The Morgan fingerprint density at radius 1 is 0.850 bits per heavy atom. The molecule has 0 aliphatic carbocycles. The van der Waals surface area contributed by atoms with Crippen LogP contribution in [0.4, 0.5) is 0 Å². The molecule has 1 nitrogen and oxygen atoms in total. The Labute approximate surface area is 141 Å². The topological polar surface area (TPSA) is 9.23 Å². The molecule has 4 heteroatoms. The van der Waals surface area contributed by atoms with Crippen molar-refractivity contribution in [3.8, 4) is 0 Å². The van der Waals surface area contributed by atoms with E-state index >= 15 is 0 Å². The van der Waals surface area contributed by atoms with E-state index in [1.807, 2.05) is 0 Å². The van der Waals surface area contributed by atoms with E-state index in [2.05, 4.69) is 91.6 Å². The predicted molar refractivity (Wildman–Crippen MR) is 97.7 cm³/mol. The Balaban J connectivity index is 2.97. The lowest BCUT2D eigenvalue weighted by Gasteiger charge is -2.42. The molecule has 1 aromatic rings. The molecule has 0 radical (unpaired) electrons. The predicted octanol–water partition coefficient (Wildman–Crippen LogP) is 6.90. The number of halogens is 2. The summed E-state index contributed by atoms with van der Waals surface area (Å²) in [6, 6.07) is 6.34. The molecule has 0 fully saturated rings. The third-order valence-corrected chi connectivity index (χ3v) is 11.1. The second kappa shape index (κ2) is 7.57. The average molecular weight is 422 g/mol. The molecule has 0 aliphatic rings. The summed E-state index contributed by atoms with van der Waals surface area (Å²) >= 11 is 7.09. The minimum absolute atomic E-state index is 0.623. The molecular weight excluding hydrogens is 396 g/mol. The van der Waals surface area contributed by atoms with Gasteiger partial charge in [-0.1, -0.05) is 73.4 Å². The summed E-state index contributed by atoms with van der Waals surface area (Å²) in [4.78, 5) is 0. The van der Waals surface area contributed by atoms with Gasteiger partial charge >= 0.3 is 0 Å². The quantitative estimate of drug-likeness (QED) is 0.453. The molecule has 0 heterocycles. The van der Waals surface area contributed by atoms with Crippen LogP contribution in [0.2, 0.25) is 16.6 Å². The zero-order valence-corrected chi connectivity index (χ0v) is 17.5. The minimum atomic E-state index is -1.78. The van der Waals surface area contributed by atoms with Gasteiger partial charge in [-0.05, 0) is 40.4 Å². The maximum atomic E-state index is 6.61. The van der Waals surface area contributed by atoms with Crippen molar-refractivity contribution in [2.75, 3.05) is 0 Å². The molecule has 0 unspecified atom stereocenters. The second-order valence-corrected chi connectivity index (χ2v) is 13.7. The lowest BCUT2D eigenvalue weighted by atomic mass is 10.2. The molecule has 1 rings (SSSR count). The van der Waals surface area contributed by atoms with E-state index in [0.29, 0.717) is 23.2 Å². The van der Waals surface area contributed by atoms with Gasteiger partial charge in [0.1, 0.15) is 0 Å². The van der Waals surface area contributed by atoms with E-state index < -0.39 is 8.32 Å². The fourth-order valence-electron chi connectivity index (χ4n) is 3.40. The largest absolute Gasteiger partial charge is 0.412 e. The molecule has 1 aromatic carbocycles. The molecule has 0 bridgehead atoms. The normalized spacial score (nSPS) is 12.8. The van der Waals surface area contributed by atoms with E-state index in [1.165, 1.54) is 5.56 Å². The van der Waals surface area contributed by atoms with Crippen LogP contribution >= 0.6 is 31.9 Å². The highest BCUT2D eigenvalue weighted by atomic mass is 79.9. The second-order valence-electron chi connectivity index (χ2n) is 6.38. The van der Waals surface area contributed by atoms with Crippen LogP contribution in [0.3, 0.4) is 0 Å².